The minimum Gasteiger partial charge on any atom is -0.385 e. The summed E-state index contributed by atoms with van der Waals surface area (Å²) in [5.74, 6) is 1.61. The number of carbonyl (C=O) groups excluding carboxylic acids is 1. The van der Waals surface area contributed by atoms with Crippen LogP contribution in [0.3, 0.4) is 0 Å². The lowest BCUT2D eigenvalue weighted by atomic mass is 10.2. The molecule has 148 valence electrons. The summed E-state index contributed by atoms with van der Waals surface area (Å²) in [5.41, 5.74) is 1.69. The number of hydrogen-bond donors (Lipinski definition) is 2. The molecule has 2 amide bonds. The molecule has 9 nitrogen and oxygen atoms in total. The first-order valence-electron chi connectivity index (χ1n) is 9.13. The van der Waals surface area contributed by atoms with Crippen molar-refractivity contribution in [1.29, 1.82) is 0 Å². The molecular weight excluding hydrogens is 358 g/mol. The van der Waals surface area contributed by atoms with Crippen molar-refractivity contribution < 1.29 is 9.53 Å². The molecule has 0 radical (unpaired) electrons. The Kier molecular flexibility index (Phi) is 6.38. The molecule has 0 fully saturated rings. The van der Waals surface area contributed by atoms with Crippen molar-refractivity contribution in [2.75, 3.05) is 19.0 Å². The monoisotopic (exact) mass is 383 g/mol. The van der Waals surface area contributed by atoms with Gasteiger partial charge < -0.3 is 24.5 Å². The van der Waals surface area contributed by atoms with Crippen molar-refractivity contribution in [3.05, 3.63) is 54.6 Å². The van der Waals surface area contributed by atoms with E-state index in [0.29, 0.717) is 18.1 Å². The largest absolute Gasteiger partial charge is 0.385 e. The normalized spacial score (nSPS) is 12.0. The van der Waals surface area contributed by atoms with Crippen molar-refractivity contribution in [3.63, 3.8) is 0 Å². The Morgan fingerprint density at radius 1 is 1.29 bits per heavy atom. The fraction of sp³-hybridized carbons (Fsp3) is 0.368. The van der Waals surface area contributed by atoms with Gasteiger partial charge in [0.25, 0.3) is 0 Å². The van der Waals surface area contributed by atoms with Crippen LogP contribution in [0.15, 0.2) is 43.0 Å². The number of nitrogens with one attached hydrogen (secondary N) is 2. The van der Waals surface area contributed by atoms with Crippen LogP contribution in [-0.2, 0) is 11.3 Å². The van der Waals surface area contributed by atoms with E-state index < -0.39 is 0 Å². The highest BCUT2D eigenvalue weighted by Crippen LogP contribution is 2.15. The van der Waals surface area contributed by atoms with Gasteiger partial charge in [-0.25, -0.2) is 9.78 Å². The maximum Gasteiger partial charge on any atom is 0.319 e. The zero-order valence-corrected chi connectivity index (χ0v) is 16.3. The van der Waals surface area contributed by atoms with E-state index in [1.807, 2.05) is 53.4 Å². The first kappa shape index (κ1) is 19.6. The Labute approximate surface area is 163 Å². The average Bonchev–Trinajstić information content (AvgIpc) is 3.31. The summed E-state index contributed by atoms with van der Waals surface area (Å²) in [7, 11) is 1.67. The lowest BCUT2D eigenvalue weighted by Gasteiger charge is -2.15. The Balaban J connectivity index is 1.57. The quantitative estimate of drug-likeness (QED) is 0.583. The molecule has 2 N–H and O–H groups in total. The summed E-state index contributed by atoms with van der Waals surface area (Å²) < 4.78 is 8.97. The molecule has 0 spiro atoms. The lowest BCUT2D eigenvalue weighted by Crippen LogP contribution is -2.32. The second kappa shape index (κ2) is 9.14. The van der Waals surface area contributed by atoms with Crippen LogP contribution in [0.1, 0.15) is 31.0 Å². The fourth-order valence-corrected chi connectivity index (χ4v) is 2.94. The molecule has 2 heterocycles. The number of aryl methyl sites for hydroxylation is 2. The van der Waals surface area contributed by atoms with Gasteiger partial charge in [-0.1, -0.05) is 0 Å². The van der Waals surface area contributed by atoms with Crippen molar-refractivity contribution in [3.8, 4) is 5.69 Å². The van der Waals surface area contributed by atoms with Crippen LogP contribution in [0.25, 0.3) is 5.69 Å². The molecule has 2 aromatic heterocycles. The van der Waals surface area contributed by atoms with E-state index in [2.05, 4.69) is 25.8 Å². The lowest BCUT2D eigenvalue weighted by molar-refractivity contribution is 0.189. The molecule has 0 aliphatic carbocycles. The molecule has 0 saturated heterocycles. The second-order valence-corrected chi connectivity index (χ2v) is 6.44. The second-order valence-electron chi connectivity index (χ2n) is 6.44. The summed E-state index contributed by atoms with van der Waals surface area (Å²) in [6, 6.07) is 6.99. The Bertz CT molecular complexity index is 901. The molecule has 0 aliphatic rings. The number of nitrogens with zero attached hydrogens (tertiary/aromatic N) is 5. The van der Waals surface area contributed by atoms with Crippen LogP contribution in [0.4, 0.5) is 10.5 Å². The number of methoxy groups -OCH3 is 1. The van der Waals surface area contributed by atoms with Crippen LogP contribution in [0.2, 0.25) is 0 Å². The molecule has 3 aromatic rings. The predicted molar refractivity (Wildman–Crippen MR) is 105 cm³/mol. The molecule has 1 atom stereocenters. The number of anilines is 1. The van der Waals surface area contributed by atoms with E-state index in [1.54, 1.807) is 19.6 Å². The van der Waals surface area contributed by atoms with E-state index in [1.165, 1.54) is 0 Å². The first-order chi connectivity index (χ1) is 13.6. The molecule has 0 aliphatic heterocycles. The van der Waals surface area contributed by atoms with Gasteiger partial charge in [-0.2, -0.15) is 0 Å². The molecule has 28 heavy (non-hydrogen) atoms. The van der Waals surface area contributed by atoms with E-state index in [0.717, 1.165) is 24.5 Å². The van der Waals surface area contributed by atoms with Gasteiger partial charge in [-0.15, -0.1) is 10.2 Å². The number of imidazole rings is 1. The number of carbonyl (C=O) groups is 1. The van der Waals surface area contributed by atoms with Crippen molar-refractivity contribution in [1.82, 2.24) is 29.6 Å². The number of ether oxygens (including phenoxy) is 1. The van der Waals surface area contributed by atoms with E-state index in [-0.39, 0.29) is 12.1 Å². The number of aromatic nitrogens is 5. The summed E-state index contributed by atoms with van der Waals surface area (Å²) >= 11 is 0. The fourth-order valence-electron chi connectivity index (χ4n) is 2.94. The highest BCUT2D eigenvalue weighted by atomic mass is 16.5. The van der Waals surface area contributed by atoms with Crippen molar-refractivity contribution in [2.24, 2.45) is 0 Å². The minimum absolute atomic E-state index is 0.280. The topological polar surface area (TPSA) is 98.9 Å². The maximum absolute atomic E-state index is 12.3. The third kappa shape index (κ3) is 4.74. The van der Waals surface area contributed by atoms with Gasteiger partial charge >= 0.3 is 6.03 Å². The van der Waals surface area contributed by atoms with Gasteiger partial charge in [-0.3, -0.25) is 0 Å². The zero-order valence-electron chi connectivity index (χ0n) is 16.3. The average molecular weight is 383 g/mol. The number of rotatable bonds is 8. The predicted octanol–water partition coefficient (Wildman–Crippen LogP) is 2.69. The van der Waals surface area contributed by atoms with Crippen LogP contribution in [0, 0.1) is 6.92 Å². The third-order valence-electron chi connectivity index (χ3n) is 4.36. The number of urea groups is 1. The zero-order chi connectivity index (χ0) is 19.9. The van der Waals surface area contributed by atoms with Gasteiger partial charge in [-0.05, 0) is 44.5 Å². The van der Waals surface area contributed by atoms with Crippen LogP contribution in [0.5, 0.6) is 0 Å². The third-order valence-corrected chi connectivity index (χ3v) is 4.36. The van der Waals surface area contributed by atoms with E-state index >= 15 is 0 Å². The molecule has 0 unspecified atom stereocenters. The smallest absolute Gasteiger partial charge is 0.319 e. The molecule has 1 aromatic carbocycles. The van der Waals surface area contributed by atoms with Crippen LogP contribution in [-0.4, -0.2) is 44.1 Å². The SMILES string of the molecule is COCCCn1cnnc1[C@@H](C)NC(=O)Nc1ccc(-n2ccnc2C)cc1. The Morgan fingerprint density at radius 2 is 2.07 bits per heavy atom. The van der Waals surface area contributed by atoms with Crippen LogP contribution >= 0.6 is 0 Å². The highest BCUT2D eigenvalue weighted by Gasteiger charge is 2.15. The minimum atomic E-state index is -0.300. The van der Waals surface area contributed by atoms with E-state index in [4.69, 9.17) is 4.74 Å². The first-order valence-corrected chi connectivity index (χ1v) is 9.13. The van der Waals surface area contributed by atoms with Gasteiger partial charge in [0.15, 0.2) is 5.82 Å². The van der Waals surface area contributed by atoms with Gasteiger partial charge in [0, 0.05) is 44.0 Å². The Morgan fingerprint density at radius 3 is 2.75 bits per heavy atom. The number of benzene rings is 1. The standard InChI is InChI=1S/C19H25N7O2/c1-14(18-24-21-13-25(18)10-4-12-28-3)22-19(27)23-16-5-7-17(8-6-16)26-11-9-20-15(26)2/h5-9,11,13-14H,4,10,12H2,1-3H3,(H2,22,23,27)/t14-/m1/s1. The highest BCUT2D eigenvalue weighted by molar-refractivity contribution is 5.89. The summed E-state index contributed by atoms with van der Waals surface area (Å²) in [6.45, 7) is 5.21. The van der Waals surface area contributed by atoms with Gasteiger partial charge in [0.05, 0.1) is 6.04 Å². The van der Waals surface area contributed by atoms with Gasteiger partial charge in [0.1, 0.15) is 12.2 Å². The van der Waals surface area contributed by atoms with Gasteiger partial charge in [0.2, 0.25) is 0 Å². The summed E-state index contributed by atoms with van der Waals surface area (Å²) in [6.07, 6.45) is 6.17. The molecule has 3 rings (SSSR count). The summed E-state index contributed by atoms with van der Waals surface area (Å²) in [5, 5.41) is 13.8. The Hall–Kier alpha value is -3.20. The maximum atomic E-state index is 12.3. The molecular formula is C19H25N7O2. The van der Waals surface area contributed by atoms with Crippen molar-refractivity contribution >= 4 is 11.7 Å². The van der Waals surface area contributed by atoms with Crippen molar-refractivity contribution in [2.45, 2.75) is 32.9 Å². The molecule has 9 heteroatoms. The number of amides is 2. The molecule has 0 bridgehead atoms. The van der Waals surface area contributed by atoms with E-state index in [9.17, 15) is 4.79 Å². The molecule has 0 saturated carbocycles. The number of hydrogen-bond acceptors (Lipinski definition) is 5. The summed E-state index contributed by atoms with van der Waals surface area (Å²) in [4.78, 5) is 16.6. The van der Waals surface area contributed by atoms with Crippen LogP contribution < -0.4 is 10.6 Å².